The molecule has 0 bridgehead atoms. The lowest BCUT2D eigenvalue weighted by atomic mass is 10.2. The van der Waals surface area contributed by atoms with Crippen LogP contribution in [0.3, 0.4) is 0 Å². The van der Waals surface area contributed by atoms with Crippen LogP contribution in [0.4, 0.5) is 13.2 Å². The minimum atomic E-state index is -4.56. The standard InChI is InChI=1S/C7H6F3N3O/c8-7(9,10)5-3-4(1-2-12-5)6(14)13-11/h1-3H,11H2,(H,13,14). The van der Waals surface area contributed by atoms with Crippen LogP contribution in [0.2, 0.25) is 0 Å². The Balaban J connectivity index is 3.08. The SMILES string of the molecule is NNC(=O)c1ccnc(C(F)(F)F)c1. The smallest absolute Gasteiger partial charge is 0.290 e. The maximum absolute atomic E-state index is 12.1. The van der Waals surface area contributed by atoms with Crippen molar-refractivity contribution in [1.82, 2.24) is 10.4 Å². The van der Waals surface area contributed by atoms with Gasteiger partial charge in [0.05, 0.1) is 0 Å². The van der Waals surface area contributed by atoms with Gasteiger partial charge in [0.2, 0.25) is 0 Å². The molecule has 76 valence electrons. The van der Waals surface area contributed by atoms with Crippen LogP contribution in [0, 0.1) is 0 Å². The molecule has 1 aromatic heterocycles. The zero-order valence-corrected chi connectivity index (χ0v) is 6.80. The van der Waals surface area contributed by atoms with Gasteiger partial charge in [0.25, 0.3) is 5.91 Å². The molecule has 0 atom stereocenters. The maximum Gasteiger partial charge on any atom is 0.433 e. The second-order valence-corrected chi connectivity index (χ2v) is 2.40. The van der Waals surface area contributed by atoms with E-state index < -0.39 is 17.8 Å². The molecule has 1 amide bonds. The van der Waals surface area contributed by atoms with Gasteiger partial charge in [-0.2, -0.15) is 13.2 Å². The van der Waals surface area contributed by atoms with Gasteiger partial charge in [0.1, 0.15) is 5.69 Å². The summed E-state index contributed by atoms with van der Waals surface area (Å²) in [5.74, 6) is 3.97. The molecule has 0 spiro atoms. The maximum atomic E-state index is 12.1. The number of rotatable bonds is 1. The summed E-state index contributed by atoms with van der Waals surface area (Å²) in [7, 11) is 0. The molecule has 1 heterocycles. The molecule has 0 unspecified atom stereocenters. The Morgan fingerprint density at radius 3 is 2.64 bits per heavy atom. The molecule has 0 saturated heterocycles. The van der Waals surface area contributed by atoms with Gasteiger partial charge in [-0.05, 0) is 12.1 Å². The van der Waals surface area contributed by atoms with Crippen molar-refractivity contribution < 1.29 is 18.0 Å². The first kappa shape index (κ1) is 10.5. The molecule has 1 rings (SSSR count). The first-order valence-corrected chi connectivity index (χ1v) is 3.49. The molecule has 1 aromatic rings. The Morgan fingerprint density at radius 2 is 2.14 bits per heavy atom. The summed E-state index contributed by atoms with van der Waals surface area (Å²) in [6.07, 6.45) is -3.67. The van der Waals surface area contributed by atoms with Crippen molar-refractivity contribution in [2.45, 2.75) is 6.18 Å². The van der Waals surface area contributed by atoms with E-state index in [9.17, 15) is 18.0 Å². The number of nitrogens with zero attached hydrogens (tertiary/aromatic N) is 1. The third-order valence-corrected chi connectivity index (χ3v) is 1.44. The van der Waals surface area contributed by atoms with Crippen molar-refractivity contribution in [3.05, 3.63) is 29.6 Å². The molecule has 0 aromatic carbocycles. The van der Waals surface area contributed by atoms with Gasteiger partial charge in [-0.3, -0.25) is 15.2 Å². The Bertz CT molecular complexity index is 350. The number of hydrogen-bond donors (Lipinski definition) is 2. The number of hydrazine groups is 1. The molecular formula is C7H6F3N3O. The zero-order valence-electron chi connectivity index (χ0n) is 6.80. The second-order valence-electron chi connectivity index (χ2n) is 2.40. The molecule has 0 saturated carbocycles. The number of amides is 1. The summed E-state index contributed by atoms with van der Waals surface area (Å²) >= 11 is 0. The number of nitrogens with two attached hydrogens (primary N) is 1. The van der Waals surface area contributed by atoms with E-state index in [1.165, 1.54) is 0 Å². The molecule has 0 aliphatic carbocycles. The highest BCUT2D eigenvalue weighted by atomic mass is 19.4. The van der Waals surface area contributed by atoms with E-state index in [4.69, 9.17) is 5.84 Å². The molecule has 4 nitrogen and oxygen atoms in total. The fourth-order valence-electron chi connectivity index (χ4n) is 0.810. The third kappa shape index (κ3) is 2.19. The number of aromatic nitrogens is 1. The minimum absolute atomic E-state index is 0.185. The van der Waals surface area contributed by atoms with Crippen molar-refractivity contribution in [2.75, 3.05) is 0 Å². The van der Waals surface area contributed by atoms with Gasteiger partial charge in [0.15, 0.2) is 0 Å². The van der Waals surface area contributed by atoms with Crippen LogP contribution in [0.1, 0.15) is 16.1 Å². The summed E-state index contributed by atoms with van der Waals surface area (Å²) < 4.78 is 36.3. The fraction of sp³-hybridized carbons (Fsp3) is 0.143. The topological polar surface area (TPSA) is 68.0 Å². The lowest BCUT2D eigenvalue weighted by Gasteiger charge is -2.06. The summed E-state index contributed by atoms with van der Waals surface area (Å²) in [5.41, 5.74) is 0.414. The van der Waals surface area contributed by atoms with E-state index >= 15 is 0 Å². The summed E-state index contributed by atoms with van der Waals surface area (Å²) in [6, 6.07) is 1.76. The van der Waals surface area contributed by atoms with Crippen molar-refractivity contribution >= 4 is 5.91 Å². The van der Waals surface area contributed by atoms with Gasteiger partial charge in [-0.1, -0.05) is 0 Å². The largest absolute Gasteiger partial charge is 0.433 e. The normalized spacial score (nSPS) is 11.1. The Morgan fingerprint density at radius 1 is 1.50 bits per heavy atom. The van der Waals surface area contributed by atoms with Crippen molar-refractivity contribution in [3.63, 3.8) is 0 Å². The highest BCUT2D eigenvalue weighted by molar-refractivity contribution is 5.93. The van der Waals surface area contributed by atoms with Gasteiger partial charge in [0, 0.05) is 11.8 Å². The number of nitrogens with one attached hydrogen (secondary N) is 1. The highest BCUT2D eigenvalue weighted by Gasteiger charge is 2.32. The first-order valence-electron chi connectivity index (χ1n) is 3.49. The van der Waals surface area contributed by atoms with Crippen LogP contribution >= 0.6 is 0 Å². The van der Waals surface area contributed by atoms with Crippen molar-refractivity contribution in [2.24, 2.45) is 5.84 Å². The average Bonchev–Trinajstić information content (AvgIpc) is 2.15. The van der Waals surface area contributed by atoms with Crippen LogP contribution in [-0.2, 0) is 6.18 Å². The van der Waals surface area contributed by atoms with Crippen LogP contribution in [-0.4, -0.2) is 10.9 Å². The number of carbonyl (C=O) groups excluding carboxylic acids is 1. The highest BCUT2D eigenvalue weighted by Crippen LogP contribution is 2.27. The van der Waals surface area contributed by atoms with Gasteiger partial charge in [-0.25, -0.2) is 5.84 Å². The Kier molecular flexibility index (Phi) is 2.70. The van der Waals surface area contributed by atoms with E-state index in [0.717, 1.165) is 12.3 Å². The van der Waals surface area contributed by atoms with Crippen molar-refractivity contribution in [1.29, 1.82) is 0 Å². The molecular weight excluding hydrogens is 199 g/mol. The second kappa shape index (κ2) is 3.62. The van der Waals surface area contributed by atoms with E-state index in [2.05, 4.69) is 4.98 Å². The predicted octanol–water partition coefficient (Wildman–Crippen LogP) is 0.704. The van der Waals surface area contributed by atoms with Crippen LogP contribution in [0.25, 0.3) is 0 Å². The van der Waals surface area contributed by atoms with Crippen LogP contribution in [0.5, 0.6) is 0 Å². The predicted molar refractivity (Wildman–Crippen MR) is 40.9 cm³/mol. The van der Waals surface area contributed by atoms with E-state index in [1.807, 2.05) is 0 Å². The fourth-order valence-corrected chi connectivity index (χ4v) is 0.810. The Hall–Kier alpha value is -1.63. The molecule has 0 aliphatic heterocycles. The molecule has 14 heavy (non-hydrogen) atoms. The lowest BCUT2D eigenvalue weighted by molar-refractivity contribution is -0.141. The molecule has 3 N–H and O–H groups in total. The summed E-state index contributed by atoms with van der Waals surface area (Å²) in [4.78, 5) is 13.9. The van der Waals surface area contributed by atoms with Crippen LogP contribution in [0.15, 0.2) is 18.3 Å². The zero-order chi connectivity index (χ0) is 10.8. The van der Waals surface area contributed by atoms with Gasteiger partial charge in [-0.15, -0.1) is 0 Å². The average molecular weight is 205 g/mol. The number of pyridine rings is 1. The Labute approximate surface area is 76.9 Å². The van der Waals surface area contributed by atoms with Crippen molar-refractivity contribution in [3.8, 4) is 0 Å². The third-order valence-electron chi connectivity index (χ3n) is 1.44. The summed E-state index contributed by atoms with van der Waals surface area (Å²) in [6.45, 7) is 0. The van der Waals surface area contributed by atoms with Gasteiger partial charge >= 0.3 is 6.18 Å². The monoisotopic (exact) mass is 205 g/mol. The summed E-state index contributed by atoms with van der Waals surface area (Å²) in [5, 5.41) is 0. The number of alkyl halides is 3. The number of nitrogen functional groups attached to an aromatic ring is 1. The minimum Gasteiger partial charge on any atom is -0.290 e. The molecule has 0 radical (unpaired) electrons. The molecule has 0 aliphatic rings. The van der Waals surface area contributed by atoms with Crippen LogP contribution < -0.4 is 11.3 Å². The number of hydrogen-bond acceptors (Lipinski definition) is 3. The number of carbonyl (C=O) groups is 1. The quantitative estimate of drug-likeness (QED) is 0.403. The van der Waals surface area contributed by atoms with Gasteiger partial charge < -0.3 is 0 Å². The van der Waals surface area contributed by atoms with E-state index in [1.54, 1.807) is 5.43 Å². The lowest BCUT2D eigenvalue weighted by Crippen LogP contribution is -2.30. The van der Waals surface area contributed by atoms with E-state index in [-0.39, 0.29) is 5.56 Å². The molecule has 7 heteroatoms. The molecule has 0 fully saturated rings. The number of halogens is 3. The first-order chi connectivity index (χ1) is 6.45. The van der Waals surface area contributed by atoms with E-state index in [0.29, 0.717) is 6.07 Å².